The maximum absolute atomic E-state index is 12.2. The van der Waals surface area contributed by atoms with Crippen molar-refractivity contribution in [1.82, 2.24) is 14.9 Å². The Morgan fingerprint density at radius 2 is 2.05 bits per heavy atom. The van der Waals surface area contributed by atoms with E-state index in [1.54, 1.807) is 12.1 Å². The lowest BCUT2D eigenvalue weighted by Crippen LogP contribution is -2.26. The fourth-order valence-corrected chi connectivity index (χ4v) is 2.95. The average Bonchev–Trinajstić information content (AvgIpc) is 2.96. The lowest BCUT2D eigenvalue weighted by atomic mass is 10.2. The van der Waals surface area contributed by atoms with Crippen LogP contribution >= 0.6 is 0 Å². The maximum atomic E-state index is 12.2. The molecule has 0 saturated heterocycles. The van der Waals surface area contributed by atoms with Crippen LogP contribution in [0.25, 0.3) is 0 Å². The van der Waals surface area contributed by atoms with E-state index in [0.29, 0.717) is 11.8 Å². The molecule has 0 atom stereocenters. The quantitative estimate of drug-likeness (QED) is 0.865. The zero-order valence-electron chi connectivity index (χ0n) is 12.3. The topological polar surface area (TPSA) is 109 Å². The van der Waals surface area contributed by atoms with Crippen LogP contribution in [0.4, 0.5) is 0 Å². The molecule has 0 fully saturated rings. The monoisotopic (exact) mass is 320 g/mol. The minimum atomic E-state index is -3.75. The van der Waals surface area contributed by atoms with Crippen LogP contribution in [-0.2, 0) is 16.4 Å². The highest BCUT2D eigenvalue weighted by molar-refractivity contribution is 7.89. The first-order chi connectivity index (χ1) is 10.4. The summed E-state index contributed by atoms with van der Waals surface area (Å²) in [5.41, 5.74) is 0.106. The van der Waals surface area contributed by atoms with Crippen LogP contribution in [0.1, 0.15) is 37.1 Å². The molecule has 0 bridgehead atoms. The fraction of sp³-hybridized carbons (Fsp3) is 0.357. The Labute approximate surface area is 129 Å². The largest absolute Gasteiger partial charge is 0.425 e. The van der Waals surface area contributed by atoms with Gasteiger partial charge < -0.3 is 4.42 Å². The summed E-state index contributed by atoms with van der Waals surface area (Å²) in [6, 6.07) is 7.90. The van der Waals surface area contributed by atoms with Crippen LogP contribution < -0.4 is 4.72 Å². The molecule has 0 unspecified atom stereocenters. The van der Waals surface area contributed by atoms with E-state index in [2.05, 4.69) is 14.9 Å². The van der Waals surface area contributed by atoms with E-state index in [-0.39, 0.29) is 29.3 Å². The summed E-state index contributed by atoms with van der Waals surface area (Å²) in [7, 11) is -3.75. The van der Waals surface area contributed by atoms with Crippen LogP contribution in [0, 0.1) is 11.3 Å². The van der Waals surface area contributed by atoms with Crippen LogP contribution in [0.2, 0.25) is 0 Å². The van der Waals surface area contributed by atoms with Gasteiger partial charge in [0.15, 0.2) is 0 Å². The highest BCUT2D eigenvalue weighted by atomic mass is 32.2. The van der Waals surface area contributed by atoms with Crippen molar-refractivity contribution in [3.8, 4) is 6.07 Å². The first-order valence-electron chi connectivity index (χ1n) is 6.75. The highest BCUT2D eigenvalue weighted by Crippen LogP contribution is 2.15. The van der Waals surface area contributed by atoms with Crippen molar-refractivity contribution in [2.45, 2.75) is 31.1 Å². The Hall–Kier alpha value is -2.24. The SMILES string of the molecule is CC(C)c1nnc(CCNS(=O)(=O)c2ccccc2C#N)o1. The number of nitrogens with zero attached hydrogens (tertiary/aromatic N) is 3. The highest BCUT2D eigenvalue weighted by Gasteiger charge is 2.18. The third-order valence-electron chi connectivity index (χ3n) is 2.90. The predicted octanol–water partition coefficient (Wildman–Crippen LogP) is 1.59. The zero-order chi connectivity index (χ0) is 16.2. The smallest absolute Gasteiger partial charge is 0.241 e. The normalized spacial score (nSPS) is 11.5. The predicted molar refractivity (Wildman–Crippen MR) is 78.4 cm³/mol. The van der Waals surface area contributed by atoms with Crippen molar-refractivity contribution in [1.29, 1.82) is 5.26 Å². The molecule has 0 amide bonds. The molecule has 8 heteroatoms. The third-order valence-corrected chi connectivity index (χ3v) is 4.42. The molecule has 2 rings (SSSR count). The summed E-state index contributed by atoms with van der Waals surface area (Å²) in [4.78, 5) is -0.0362. The number of aromatic nitrogens is 2. The van der Waals surface area contributed by atoms with Gasteiger partial charge in [0.2, 0.25) is 21.8 Å². The van der Waals surface area contributed by atoms with Crippen LogP contribution in [0.5, 0.6) is 0 Å². The molecule has 1 aromatic carbocycles. The second-order valence-electron chi connectivity index (χ2n) is 4.94. The number of nitriles is 1. The van der Waals surface area contributed by atoms with Gasteiger partial charge in [0.1, 0.15) is 6.07 Å². The van der Waals surface area contributed by atoms with E-state index in [9.17, 15) is 8.42 Å². The molecular formula is C14H16N4O3S. The standard InChI is InChI=1S/C14H16N4O3S/c1-10(2)14-18-17-13(21-14)7-8-16-22(19,20)12-6-4-3-5-11(12)9-15/h3-6,10,16H,7-8H2,1-2H3. The Morgan fingerprint density at radius 1 is 1.32 bits per heavy atom. The Bertz CT molecular complexity index is 790. The van der Waals surface area contributed by atoms with Crippen LogP contribution in [0.3, 0.4) is 0 Å². The number of hydrogen-bond acceptors (Lipinski definition) is 6. The number of rotatable bonds is 6. The fourth-order valence-electron chi connectivity index (χ4n) is 1.76. The summed E-state index contributed by atoms with van der Waals surface area (Å²) in [6.07, 6.45) is 0.285. The van der Waals surface area contributed by atoms with Gasteiger partial charge >= 0.3 is 0 Å². The molecule has 0 saturated carbocycles. The molecule has 2 aromatic rings. The summed E-state index contributed by atoms with van der Waals surface area (Å²) in [5, 5.41) is 16.7. The molecule has 116 valence electrons. The van der Waals surface area contributed by atoms with Gasteiger partial charge in [-0.15, -0.1) is 10.2 Å². The average molecular weight is 320 g/mol. The van der Waals surface area contributed by atoms with Crippen molar-refractivity contribution in [2.24, 2.45) is 0 Å². The van der Waals surface area contributed by atoms with E-state index in [4.69, 9.17) is 9.68 Å². The van der Waals surface area contributed by atoms with E-state index in [1.807, 2.05) is 19.9 Å². The molecule has 1 heterocycles. The first-order valence-corrected chi connectivity index (χ1v) is 8.23. The van der Waals surface area contributed by atoms with E-state index in [1.165, 1.54) is 12.1 Å². The first kappa shape index (κ1) is 16.1. The maximum Gasteiger partial charge on any atom is 0.241 e. The molecule has 0 radical (unpaired) electrons. The van der Waals surface area contributed by atoms with E-state index >= 15 is 0 Å². The number of nitrogens with one attached hydrogen (secondary N) is 1. The lowest BCUT2D eigenvalue weighted by molar-refractivity contribution is 0.431. The molecule has 22 heavy (non-hydrogen) atoms. The molecular weight excluding hydrogens is 304 g/mol. The summed E-state index contributed by atoms with van der Waals surface area (Å²) in [5.74, 6) is 1.02. The van der Waals surface area contributed by atoms with Gasteiger partial charge in [0, 0.05) is 18.9 Å². The summed E-state index contributed by atoms with van der Waals surface area (Å²) >= 11 is 0. The second-order valence-corrected chi connectivity index (χ2v) is 6.68. The third kappa shape index (κ3) is 3.69. The molecule has 7 nitrogen and oxygen atoms in total. The van der Waals surface area contributed by atoms with Gasteiger partial charge in [0.05, 0.1) is 10.5 Å². The van der Waals surface area contributed by atoms with Gasteiger partial charge in [-0.3, -0.25) is 0 Å². The molecule has 0 spiro atoms. The number of hydrogen-bond donors (Lipinski definition) is 1. The Morgan fingerprint density at radius 3 is 2.68 bits per heavy atom. The second kappa shape index (κ2) is 6.68. The Kier molecular flexibility index (Phi) is 4.90. The van der Waals surface area contributed by atoms with Crippen molar-refractivity contribution < 1.29 is 12.8 Å². The molecule has 1 N–H and O–H groups in total. The van der Waals surface area contributed by atoms with Gasteiger partial charge in [-0.05, 0) is 12.1 Å². The van der Waals surface area contributed by atoms with Gasteiger partial charge in [0.25, 0.3) is 0 Å². The number of benzene rings is 1. The minimum Gasteiger partial charge on any atom is -0.425 e. The van der Waals surface area contributed by atoms with Crippen molar-refractivity contribution >= 4 is 10.0 Å². The lowest BCUT2D eigenvalue weighted by Gasteiger charge is -2.06. The Balaban J connectivity index is 2.02. The molecule has 1 aromatic heterocycles. The molecule has 0 aliphatic carbocycles. The molecule has 0 aliphatic heterocycles. The van der Waals surface area contributed by atoms with Crippen molar-refractivity contribution in [3.63, 3.8) is 0 Å². The summed E-state index contributed by atoms with van der Waals surface area (Å²) < 4.78 is 32.2. The van der Waals surface area contributed by atoms with Crippen molar-refractivity contribution in [3.05, 3.63) is 41.6 Å². The van der Waals surface area contributed by atoms with Gasteiger partial charge in [-0.2, -0.15) is 5.26 Å². The van der Waals surface area contributed by atoms with E-state index in [0.717, 1.165) is 0 Å². The van der Waals surface area contributed by atoms with Crippen LogP contribution in [-0.4, -0.2) is 25.2 Å². The minimum absolute atomic E-state index is 0.0362. The van der Waals surface area contributed by atoms with Gasteiger partial charge in [-0.25, -0.2) is 13.1 Å². The zero-order valence-corrected chi connectivity index (χ0v) is 13.1. The van der Waals surface area contributed by atoms with Crippen molar-refractivity contribution in [2.75, 3.05) is 6.54 Å². The van der Waals surface area contributed by atoms with Gasteiger partial charge in [-0.1, -0.05) is 26.0 Å². The number of sulfonamides is 1. The van der Waals surface area contributed by atoms with E-state index < -0.39 is 10.0 Å². The van der Waals surface area contributed by atoms with Crippen LogP contribution in [0.15, 0.2) is 33.6 Å². The summed E-state index contributed by atoms with van der Waals surface area (Å²) in [6.45, 7) is 3.97. The molecule has 0 aliphatic rings.